The Hall–Kier alpha value is -2.35. The van der Waals surface area contributed by atoms with Crippen LogP contribution in [0.25, 0.3) is 10.9 Å². The summed E-state index contributed by atoms with van der Waals surface area (Å²) in [7, 11) is -8.73. The molecule has 1 aromatic heterocycles. The molecule has 0 aliphatic carbocycles. The number of carbonyl (C=O) groups is 1. The minimum atomic E-state index is -4.38. The highest BCUT2D eigenvalue weighted by molar-refractivity contribution is 9.10. The SMILES string of the molecule is CCOC(=O)c1c(S(=O)(=O)NCCCSc2ccc(Cl)cc2)c2cc(Br)ccc2n1S(=O)(=O)c1ccccc1. The van der Waals surface area contributed by atoms with Gasteiger partial charge in [-0.25, -0.2) is 30.3 Å². The molecule has 0 amide bonds. The van der Waals surface area contributed by atoms with Crippen molar-refractivity contribution in [2.45, 2.75) is 28.0 Å². The van der Waals surface area contributed by atoms with Crippen LogP contribution in [0.15, 0.2) is 92.0 Å². The monoisotopic (exact) mass is 670 g/mol. The van der Waals surface area contributed by atoms with Crippen LogP contribution in [0.5, 0.6) is 0 Å². The minimum Gasteiger partial charge on any atom is -0.461 e. The normalized spacial score (nSPS) is 12.1. The maximum absolute atomic E-state index is 13.8. The smallest absolute Gasteiger partial charge is 0.357 e. The van der Waals surface area contributed by atoms with Crippen LogP contribution in [0.2, 0.25) is 5.02 Å². The van der Waals surface area contributed by atoms with Crippen molar-refractivity contribution in [2.24, 2.45) is 0 Å². The summed E-state index contributed by atoms with van der Waals surface area (Å²) in [5.41, 5.74) is -0.555. The van der Waals surface area contributed by atoms with Gasteiger partial charge in [-0.15, -0.1) is 11.8 Å². The van der Waals surface area contributed by atoms with Gasteiger partial charge in [-0.1, -0.05) is 45.7 Å². The van der Waals surface area contributed by atoms with Gasteiger partial charge in [-0.3, -0.25) is 0 Å². The predicted octanol–water partition coefficient (Wildman–Crippen LogP) is 5.93. The maximum Gasteiger partial charge on any atom is 0.357 e. The first-order chi connectivity index (χ1) is 18.6. The van der Waals surface area contributed by atoms with E-state index in [1.54, 1.807) is 55.1 Å². The summed E-state index contributed by atoms with van der Waals surface area (Å²) in [5.74, 6) is -0.451. The first-order valence-corrected chi connectivity index (χ1v) is 16.8. The van der Waals surface area contributed by atoms with E-state index in [1.807, 2.05) is 12.1 Å². The van der Waals surface area contributed by atoms with E-state index in [0.29, 0.717) is 21.7 Å². The summed E-state index contributed by atoms with van der Waals surface area (Å²) < 4.78 is 63.8. The highest BCUT2D eigenvalue weighted by atomic mass is 79.9. The fraction of sp³-hybridized carbons (Fsp3) is 0.192. The minimum absolute atomic E-state index is 0.0313. The van der Waals surface area contributed by atoms with Gasteiger partial charge in [0, 0.05) is 26.3 Å². The number of hydrogen-bond donors (Lipinski definition) is 1. The molecule has 4 aromatic rings. The number of aromatic nitrogens is 1. The second-order valence-electron chi connectivity index (χ2n) is 8.20. The molecule has 4 rings (SSSR count). The predicted molar refractivity (Wildman–Crippen MR) is 157 cm³/mol. The lowest BCUT2D eigenvalue weighted by molar-refractivity contribution is 0.0514. The number of thioether (sulfide) groups is 1. The van der Waals surface area contributed by atoms with E-state index in [1.165, 1.54) is 24.3 Å². The van der Waals surface area contributed by atoms with Gasteiger partial charge >= 0.3 is 5.97 Å². The zero-order valence-corrected chi connectivity index (χ0v) is 25.4. The van der Waals surface area contributed by atoms with E-state index in [0.717, 1.165) is 8.87 Å². The van der Waals surface area contributed by atoms with Crippen LogP contribution < -0.4 is 4.72 Å². The van der Waals surface area contributed by atoms with Gasteiger partial charge in [-0.05, 0) is 73.7 Å². The largest absolute Gasteiger partial charge is 0.461 e. The Bertz CT molecular complexity index is 1710. The number of fused-ring (bicyclic) bond motifs is 1. The summed E-state index contributed by atoms with van der Waals surface area (Å²) in [6.07, 6.45) is 0.478. The third-order valence-electron chi connectivity index (χ3n) is 5.55. The Balaban J connectivity index is 1.75. The zero-order valence-electron chi connectivity index (χ0n) is 20.6. The third kappa shape index (κ3) is 6.53. The van der Waals surface area contributed by atoms with Crippen molar-refractivity contribution in [1.82, 2.24) is 8.69 Å². The topological polar surface area (TPSA) is 112 Å². The summed E-state index contributed by atoms with van der Waals surface area (Å²) in [6.45, 7) is 1.54. The number of rotatable bonds is 11. The Morgan fingerprint density at radius 2 is 1.72 bits per heavy atom. The maximum atomic E-state index is 13.8. The van der Waals surface area contributed by atoms with E-state index >= 15 is 0 Å². The molecule has 0 spiro atoms. The molecule has 1 heterocycles. The number of ether oxygens (including phenoxy) is 1. The number of nitrogens with one attached hydrogen (secondary N) is 1. The van der Waals surface area contributed by atoms with Crippen molar-refractivity contribution in [3.8, 4) is 0 Å². The van der Waals surface area contributed by atoms with Crippen molar-refractivity contribution in [2.75, 3.05) is 18.9 Å². The molecule has 0 unspecified atom stereocenters. The van der Waals surface area contributed by atoms with Gasteiger partial charge in [0.2, 0.25) is 10.0 Å². The van der Waals surface area contributed by atoms with E-state index in [4.69, 9.17) is 16.3 Å². The van der Waals surface area contributed by atoms with Crippen LogP contribution in [-0.2, 0) is 24.8 Å². The molecule has 0 saturated carbocycles. The van der Waals surface area contributed by atoms with Gasteiger partial charge in [0.05, 0.1) is 17.0 Å². The van der Waals surface area contributed by atoms with Crippen molar-refractivity contribution >= 4 is 76.2 Å². The van der Waals surface area contributed by atoms with E-state index in [-0.39, 0.29) is 29.0 Å². The highest BCUT2D eigenvalue weighted by Crippen LogP contribution is 2.35. The quantitative estimate of drug-likeness (QED) is 0.120. The molecule has 13 heteroatoms. The molecule has 0 saturated heterocycles. The van der Waals surface area contributed by atoms with Crippen molar-refractivity contribution in [1.29, 1.82) is 0 Å². The Labute approximate surface area is 244 Å². The average molecular weight is 672 g/mol. The summed E-state index contributed by atoms with van der Waals surface area (Å²) in [4.78, 5) is 13.6. The van der Waals surface area contributed by atoms with E-state index in [2.05, 4.69) is 20.7 Å². The number of nitrogens with zero attached hydrogens (tertiary/aromatic N) is 1. The lowest BCUT2D eigenvalue weighted by Crippen LogP contribution is -2.28. The second-order valence-corrected chi connectivity index (χ2v) is 14.2. The molecular formula is C26H24BrClN2O6S3. The van der Waals surface area contributed by atoms with Crippen molar-refractivity contribution in [3.63, 3.8) is 0 Å². The number of hydrogen-bond acceptors (Lipinski definition) is 7. The zero-order chi connectivity index (χ0) is 28.2. The fourth-order valence-electron chi connectivity index (χ4n) is 3.87. The molecule has 0 radical (unpaired) electrons. The van der Waals surface area contributed by atoms with Crippen LogP contribution in [0.4, 0.5) is 0 Å². The first kappa shape index (κ1) is 29.6. The molecule has 206 valence electrons. The van der Waals surface area contributed by atoms with Crippen LogP contribution in [0.3, 0.4) is 0 Å². The number of esters is 1. The highest BCUT2D eigenvalue weighted by Gasteiger charge is 2.36. The first-order valence-electron chi connectivity index (χ1n) is 11.8. The molecular weight excluding hydrogens is 648 g/mol. The molecule has 1 N–H and O–H groups in total. The molecule has 8 nitrogen and oxygen atoms in total. The molecule has 0 aliphatic heterocycles. The van der Waals surface area contributed by atoms with Gasteiger partial charge < -0.3 is 4.74 Å². The van der Waals surface area contributed by atoms with Crippen LogP contribution in [-0.4, -0.2) is 45.7 Å². The fourth-order valence-corrected chi connectivity index (χ4v) is 8.25. The average Bonchev–Trinajstić information content (AvgIpc) is 3.26. The van der Waals surface area contributed by atoms with Crippen LogP contribution >= 0.6 is 39.3 Å². The number of benzene rings is 3. The van der Waals surface area contributed by atoms with E-state index in [9.17, 15) is 21.6 Å². The summed E-state index contributed by atoms with van der Waals surface area (Å²) in [6, 6.07) is 19.3. The third-order valence-corrected chi connectivity index (χ3v) is 10.7. The number of carbonyl (C=O) groups excluding carboxylic acids is 1. The Morgan fingerprint density at radius 1 is 1.03 bits per heavy atom. The van der Waals surface area contributed by atoms with Crippen LogP contribution in [0.1, 0.15) is 23.8 Å². The molecule has 3 aromatic carbocycles. The van der Waals surface area contributed by atoms with E-state index < -0.39 is 36.6 Å². The van der Waals surface area contributed by atoms with Gasteiger partial charge in [0.25, 0.3) is 10.0 Å². The lowest BCUT2D eigenvalue weighted by atomic mass is 10.2. The molecule has 0 atom stereocenters. The van der Waals surface area contributed by atoms with Gasteiger partial charge in [0.1, 0.15) is 4.90 Å². The number of sulfonamides is 1. The molecule has 39 heavy (non-hydrogen) atoms. The molecule has 0 bridgehead atoms. The number of halogens is 2. The molecule has 0 fully saturated rings. The van der Waals surface area contributed by atoms with Gasteiger partial charge in [-0.2, -0.15) is 0 Å². The van der Waals surface area contributed by atoms with Gasteiger partial charge in [0.15, 0.2) is 5.69 Å². The van der Waals surface area contributed by atoms with Crippen LogP contribution in [0, 0.1) is 0 Å². The standard InChI is InChI=1S/C26H24BrClN2O6S3/c1-2-36-26(31)24-25(38(32,33)29-15-6-16-37-20-12-10-19(28)11-13-20)22-17-18(27)9-14-23(22)30(24)39(34,35)21-7-4-3-5-8-21/h3-5,7-14,17,29H,2,6,15-16H2,1H3. The molecule has 0 aliphatic rings. The van der Waals surface area contributed by atoms with Crippen molar-refractivity contribution in [3.05, 3.63) is 88.0 Å². The Morgan fingerprint density at radius 3 is 2.38 bits per heavy atom. The van der Waals surface area contributed by atoms with Crippen molar-refractivity contribution < 1.29 is 26.4 Å². The second kappa shape index (κ2) is 12.4. The lowest BCUT2D eigenvalue weighted by Gasteiger charge is -2.13. The summed E-state index contributed by atoms with van der Waals surface area (Å²) >= 11 is 10.8. The Kier molecular flexibility index (Phi) is 9.45. The summed E-state index contributed by atoms with van der Waals surface area (Å²) in [5, 5.41) is 0.694.